The van der Waals surface area contributed by atoms with Crippen molar-refractivity contribution in [2.75, 3.05) is 22.7 Å². The maximum absolute atomic E-state index is 12.8. The highest BCUT2D eigenvalue weighted by atomic mass is 35.5. The monoisotopic (exact) mass is 407 g/mol. The number of halogens is 1. The highest BCUT2D eigenvalue weighted by Gasteiger charge is 2.21. The van der Waals surface area contributed by atoms with E-state index in [0.29, 0.717) is 27.5 Å². The summed E-state index contributed by atoms with van der Waals surface area (Å²) in [4.78, 5) is 14.0. The Morgan fingerprint density at radius 2 is 1.85 bits per heavy atom. The number of sulfonamides is 1. The number of piperidine rings is 1. The Morgan fingerprint density at radius 1 is 1.15 bits per heavy atom. The van der Waals surface area contributed by atoms with Gasteiger partial charge in [-0.2, -0.15) is 0 Å². The van der Waals surface area contributed by atoms with Crippen molar-refractivity contribution < 1.29 is 13.2 Å². The minimum absolute atomic E-state index is 0.119. The van der Waals surface area contributed by atoms with Crippen molar-refractivity contribution in [2.45, 2.75) is 31.1 Å². The number of hydrogen-bond acceptors (Lipinski definition) is 4. The van der Waals surface area contributed by atoms with E-state index in [9.17, 15) is 13.2 Å². The summed E-state index contributed by atoms with van der Waals surface area (Å²) < 4.78 is 28.2. The number of benzene rings is 2. The zero-order valence-electron chi connectivity index (χ0n) is 15.0. The molecule has 1 fully saturated rings. The second-order valence-electron chi connectivity index (χ2n) is 6.61. The fourth-order valence-corrected chi connectivity index (χ4v) is 4.84. The van der Waals surface area contributed by atoms with Gasteiger partial charge < -0.3 is 10.6 Å². The average molecular weight is 408 g/mol. The van der Waals surface area contributed by atoms with Gasteiger partial charge in [-0.25, -0.2) is 8.42 Å². The van der Waals surface area contributed by atoms with Crippen molar-refractivity contribution in [2.24, 2.45) is 5.73 Å². The van der Waals surface area contributed by atoms with Gasteiger partial charge in [0.05, 0.1) is 21.8 Å². The third-order valence-electron chi connectivity index (χ3n) is 4.72. The molecular formula is C19H22ClN3O3S. The molecule has 0 aromatic heterocycles. The summed E-state index contributed by atoms with van der Waals surface area (Å²) in [5.41, 5.74) is 7.41. The summed E-state index contributed by atoms with van der Waals surface area (Å²) in [6.07, 6.45) is 3.19. The third kappa shape index (κ3) is 4.20. The van der Waals surface area contributed by atoms with E-state index in [1.165, 1.54) is 6.07 Å². The molecule has 1 amide bonds. The van der Waals surface area contributed by atoms with E-state index in [-0.39, 0.29) is 4.90 Å². The molecule has 1 heterocycles. The molecule has 0 unspecified atom stereocenters. The smallest absolute Gasteiger partial charge is 0.262 e. The van der Waals surface area contributed by atoms with Crippen molar-refractivity contribution >= 4 is 38.9 Å². The molecule has 1 aliphatic heterocycles. The summed E-state index contributed by atoms with van der Waals surface area (Å²) >= 11 is 6.05. The van der Waals surface area contributed by atoms with Gasteiger partial charge in [-0.1, -0.05) is 17.7 Å². The first-order valence-corrected chi connectivity index (χ1v) is 10.6. The number of carbonyl (C=O) groups excluding carboxylic acids is 1. The molecular weight excluding hydrogens is 386 g/mol. The Labute approximate surface area is 164 Å². The van der Waals surface area contributed by atoms with E-state index < -0.39 is 15.9 Å². The quantitative estimate of drug-likeness (QED) is 0.792. The molecule has 2 aromatic rings. The van der Waals surface area contributed by atoms with Gasteiger partial charge in [0, 0.05) is 18.1 Å². The molecule has 27 heavy (non-hydrogen) atoms. The van der Waals surface area contributed by atoms with E-state index in [1.54, 1.807) is 37.3 Å². The molecule has 0 radical (unpaired) electrons. The molecule has 0 saturated carbocycles. The summed E-state index contributed by atoms with van der Waals surface area (Å²) in [7, 11) is -3.82. The van der Waals surface area contributed by atoms with Crippen LogP contribution in [0.25, 0.3) is 0 Å². The number of nitrogens with zero attached hydrogens (tertiary/aromatic N) is 1. The van der Waals surface area contributed by atoms with Gasteiger partial charge in [-0.3, -0.25) is 9.52 Å². The van der Waals surface area contributed by atoms with Crippen LogP contribution in [0.5, 0.6) is 0 Å². The van der Waals surface area contributed by atoms with Crippen molar-refractivity contribution in [1.29, 1.82) is 0 Å². The minimum atomic E-state index is -3.82. The number of primary amides is 1. The fraction of sp³-hybridized carbons (Fsp3) is 0.316. The van der Waals surface area contributed by atoms with Gasteiger partial charge in [-0.05, 0) is 62.1 Å². The molecule has 1 saturated heterocycles. The van der Waals surface area contributed by atoms with Gasteiger partial charge >= 0.3 is 0 Å². The number of anilines is 2. The van der Waals surface area contributed by atoms with Crippen molar-refractivity contribution in [3.05, 3.63) is 52.5 Å². The average Bonchev–Trinajstić information content (AvgIpc) is 2.64. The largest absolute Gasteiger partial charge is 0.371 e. The number of nitrogens with one attached hydrogen (secondary N) is 1. The summed E-state index contributed by atoms with van der Waals surface area (Å²) in [6, 6.07) is 9.53. The molecule has 3 rings (SSSR count). The van der Waals surface area contributed by atoms with Crippen molar-refractivity contribution in [3.63, 3.8) is 0 Å². The Morgan fingerprint density at radius 3 is 2.52 bits per heavy atom. The van der Waals surface area contributed by atoms with Crippen LogP contribution in [0, 0.1) is 6.92 Å². The van der Waals surface area contributed by atoms with Crippen molar-refractivity contribution in [3.8, 4) is 0 Å². The standard InChI is InChI=1S/C19H22ClN3O3S/c1-13-16(20)6-5-7-18(13)27(25,26)22-14-8-9-15(19(21)24)17(12-14)23-10-3-2-4-11-23/h5-9,12,22H,2-4,10-11H2,1H3,(H2,21,24). The van der Waals surface area contributed by atoms with Gasteiger partial charge in [0.25, 0.3) is 15.9 Å². The predicted octanol–water partition coefficient (Wildman–Crippen LogP) is 3.54. The Balaban J connectivity index is 1.97. The lowest BCUT2D eigenvalue weighted by Gasteiger charge is -2.30. The zero-order valence-corrected chi connectivity index (χ0v) is 16.6. The van der Waals surface area contributed by atoms with E-state index in [2.05, 4.69) is 9.62 Å². The molecule has 144 valence electrons. The van der Waals surface area contributed by atoms with Crippen LogP contribution < -0.4 is 15.4 Å². The van der Waals surface area contributed by atoms with Crippen LogP contribution in [0.3, 0.4) is 0 Å². The normalized spacial score (nSPS) is 14.8. The second-order valence-corrected chi connectivity index (χ2v) is 8.67. The van der Waals surface area contributed by atoms with Crippen molar-refractivity contribution in [1.82, 2.24) is 0 Å². The topological polar surface area (TPSA) is 92.5 Å². The first-order valence-electron chi connectivity index (χ1n) is 8.76. The minimum Gasteiger partial charge on any atom is -0.371 e. The summed E-state index contributed by atoms with van der Waals surface area (Å²) in [5, 5.41) is 0.385. The van der Waals surface area contributed by atoms with Gasteiger partial charge in [-0.15, -0.1) is 0 Å². The van der Waals surface area contributed by atoms with E-state index in [1.807, 2.05) is 0 Å². The number of nitrogens with two attached hydrogens (primary N) is 1. The number of hydrogen-bond donors (Lipinski definition) is 2. The number of amides is 1. The first-order chi connectivity index (χ1) is 12.8. The molecule has 8 heteroatoms. The fourth-order valence-electron chi connectivity index (χ4n) is 3.29. The lowest BCUT2D eigenvalue weighted by Crippen LogP contribution is -2.31. The van der Waals surface area contributed by atoms with Gasteiger partial charge in [0.2, 0.25) is 0 Å². The van der Waals surface area contributed by atoms with Crippen LogP contribution in [0.2, 0.25) is 5.02 Å². The van der Waals surface area contributed by atoms with Crippen LogP contribution in [0.15, 0.2) is 41.3 Å². The molecule has 2 aromatic carbocycles. The molecule has 0 spiro atoms. The first kappa shape index (κ1) is 19.5. The second kappa shape index (κ2) is 7.78. The van der Waals surface area contributed by atoms with Gasteiger partial charge in [0.1, 0.15) is 0 Å². The third-order valence-corrected chi connectivity index (χ3v) is 6.65. The van der Waals surface area contributed by atoms with Crippen LogP contribution in [-0.4, -0.2) is 27.4 Å². The highest BCUT2D eigenvalue weighted by molar-refractivity contribution is 7.92. The Kier molecular flexibility index (Phi) is 5.62. The number of rotatable bonds is 5. The lowest BCUT2D eigenvalue weighted by molar-refractivity contribution is 0.100. The molecule has 3 N–H and O–H groups in total. The van der Waals surface area contributed by atoms with E-state index in [4.69, 9.17) is 17.3 Å². The summed E-state index contributed by atoms with van der Waals surface area (Å²) in [6.45, 7) is 3.28. The highest BCUT2D eigenvalue weighted by Crippen LogP contribution is 2.30. The lowest BCUT2D eigenvalue weighted by atomic mass is 10.1. The molecule has 0 bridgehead atoms. The maximum atomic E-state index is 12.8. The zero-order chi connectivity index (χ0) is 19.6. The van der Waals surface area contributed by atoms with Crippen LogP contribution in [0.1, 0.15) is 35.2 Å². The molecule has 0 aliphatic carbocycles. The van der Waals surface area contributed by atoms with E-state index in [0.717, 1.165) is 32.4 Å². The van der Waals surface area contributed by atoms with Crippen LogP contribution in [-0.2, 0) is 10.0 Å². The Bertz CT molecular complexity index is 970. The van der Waals surface area contributed by atoms with Crippen LogP contribution >= 0.6 is 11.6 Å². The Hall–Kier alpha value is -2.25. The number of carbonyl (C=O) groups is 1. The van der Waals surface area contributed by atoms with Crippen LogP contribution in [0.4, 0.5) is 11.4 Å². The predicted molar refractivity (Wildman–Crippen MR) is 108 cm³/mol. The SMILES string of the molecule is Cc1c(Cl)cccc1S(=O)(=O)Nc1ccc(C(N)=O)c(N2CCCCC2)c1. The summed E-state index contributed by atoms with van der Waals surface area (Å²) in [5.74, 6) is -0.532. The molecule has 1 aliphatic rings. The maximum Gasteiger partial charge on any atom is 0.262 e. The van der Waals surface area contributed by atoms with E-state index >= 15 is 0 Å². The molecule has 6 nitrogen and oxygen atoms in total. The molecule has 0 atom stereocenters. The van der Waals surface area contributed by atoms with Gasteiger partial charge in [0.15, 0.2) is 0 Å².